The second-order valence-corrected chi connectivity index (χ2v) is 8.31. The van der Waals surface area contributed by atoms with E-state index >= 15 is 0 Å². The van der Waals surface area contributed by atoms with Crippen LogP contribution in [0.5, 0.6) is 0 Å². The highest BCUT2D eigenvalue weighted by atomic mass is 16.7. The molecular weight excluding hydrogens is 474 g/mol. The Morgan fingerprint density at radius 3 is 2.03 bits per heavy atom. The van der Waals surface area contributed by atoms with Gasteiger partial charge in [-0.2, -0.15) is 0 Å². The molecule has 1 aliphatic rings. The maximum absolute atomic E-state index is 12.1. The molecule has 5 atom stereocenters. The molecule has 2 aromatic carbocycles. The normalized spacial score (nSPS) is 23.7. The molecule has 0 aliphatic carbocycles. The molecule has 0 unspecified atom stereocenters. The van der Waals surface area contributed by atoms with Crippen molar-refractivity contribution < 1.29 is 42.9 Å². The zero-order valence-corrected chi connectivity index (χ0v) is 20.1. The summed E-state index contributed by atoms with van der Waals surface area (Å²) in [5.41, 5.74) is 1.09. The lowest BCUT2D eigenvalue weighted by Crippen LogP contribution is -2.60. The minimum atomic E-state index is -1.30. The number of hydrogen-bond donors (Lipinski definition) is 0. The Kier molecular flexibility index (Phi) is 7.15. The van der Waals surface area contributed by atoms with E-state index in [1.54, 1.807) is 0 Å². The van der Waals surface area contributed by atoms with Gasteiger partial charge in [-0.25, -0.2) is 4.68 Å². The molecule has 0 radical (unpaired) electrons. The van der Waals surface area contributed by atoms with Crippen LogP contribution in [0.3, 0.4) is 0 Å². The summed E-state index contributed by atoms with van der Waals surface area (Å²) < 4.78 is 29.1. The van der Waals surface area contributed by atoms with E-state index in [4.69, 9.17) is 23.7 Å². The number of fused-ring (bicyclic) bond motifs is 2. The van der Waals surface area contributed by atoms with E-state index in [2.05, 4.69) is 10.3 Å². The Bertz CT molecular complexity index is 1320. The molecule has 1 aromatic heterocycles. The summed E-state index contributed by atoms with van der Waals surface area (Å²) in [4.78, 5) is 47.5. The molecule has 1 aliphatic heterocycles. The minimum absolute atomic E-state index is 0.329. The van der Waals surface area contributed by atoms with Gasteiger partial charge >= 0.3 is 23.9 Å². The van der Waals surface area contributed by atoms with Crippen LogP contribution in [0.1, 0.15) is 33.9 Å². The first kappa shape index (κ1) is 25.0. The van der Waals surface area contributed by atoms with Gasteiger partial charge in [-0.1, -0.05) is 29.5 Å². The Morgan fingerprint density at radius 2 is 1.42 bits per heavy atom. The Hall–Kier alpha value is -4.06. The standard InChI is InChI=1S/C24H25N3O9/c1-12(28)32-11-20-21(33-13(2)29)22(34-14(3)30)23(35-15(4)31)24(36-20)27-19-10-17-8-6-5-7-16(17)9-18(19)25-26-27/h5-10,20-24H,11H2,1-4H3/t20-,21-,22+,23-,24-/m1/s1. The quantitative estimate of drug-likeness (QED) is 0.362. The van der Waals surface area contributed by atoms with E-state index < -0.39 is 54.5 Å². The molecule has 0 amide bonds. The van der Waals surface area contributed by atoms with Gasteiger partial charge in [-0.05, 0) is 22.9 Å². The van der Waals surface area contributed by atoms with Crippen molar-refractivity contribution in [3.05, 3.63) is 36.4 Å². The van der Waals surface area contributed by atoms with Crippen LogP contribution in [0.2, 0.25) is 0 Å². The zero-order chi connectivity index (χ0) is 26.0. The van der Waals surface area contributed by atoms with Crippen LogP contribution >= 0.6 is 0 Å². The first-order valence-corrected chi connectivity index (χ1v) is 11.2. The number of ether oxygens (including phenoxy) is 5. The second-order valence-electron chi connectivity index (χ2n) is 8.31. The Labute approximate surface area is 205 Å². The number of rotatable bonds is 6. The first-order valence-electron chi connectivity index (χ1n) is 11.2. The van der Waals surface area contributed by atoms with Crippen LogP contribution in [0.4, 0.5) is 0 Å². The van der Waals surface area contributed by atoms with Gasteiger partial charge in [0.25, 0.3) is 0 Å². The summed E-state index contributed by atoms with van der Waals surface area (Å²) in [6, 6.07) is 11.3. The Morgan fingerprint density at radius 1 is 0.833 bits per heavy atom. The number of benzene rings is 2. The SMILES string of the molecule is CC(=O)OC[C@H]1O[C@@H](n2nnc3cc4ccccc4cc32)[C@H](OC(C)=O)[C@@H](OC(C)=O)[C@@H]1OC(C)=O. The highest BCUT2D eigenvalue weighted by Gasteiger charge is 2.53. The molecule has 0 bridgehead atoms. The molecule has 12 heteroatoms. The van der Waals surface area contributed by atoms with Gasteiger partial charge in [-0.15, -0.1) is 5.10 Å². The monoisotopic (exact) mass is 499 g/mol. The van der Waals surface area contributed by atoms with Crippen LogP contribution in [0, 0.1) is 0 Å². The van der Waals surface area contributed by atoms with Crippen molar-refractivity contribution in [1.82, 2.24) is 15.0 Å². The third-order valence-corrected chi connectivity index (χ3v) is 5.55. The highest BCUT2D eigenvalue weighted by molar-refractivity contribution is 5.94. The molecule has 0 saturated carbocycles. The van der Waals surface area contributed by atoms with E-state index in [9.17, 15) is 19.2 Å². The van der Waals surface area contributed by atoms with Gasteiger partial charge in [0.05, 0.1) is 5.52 Å². The number of carbonyl (C=O) groups excluding carboxylic acids is 4. The second kappa shape index (κ2) is 10.3. The third kappa shape index (κ3) is 5.28. The van der Waals surface area contributed by atoms with Crippen LogP contribution < -0.4 is 0 Å². The van der Waals surface area contributed by atoms with Crippen molar-refractivity contribution in [3.63, 3.8) is 0 Å². The van der Waals surface area contributed by atoms with Gasteiger partial charge in [0.1, 0.15) is 18.2 Å². The summed E-state index contributed by atoms with van der Waals surface area (Å²) in [6.45, 7) is 4.39. The summed E-state index contributed by atoms with van der Waals surface area (Å²) >= 11 is 0. The summed E-state index contributed by atoms with van der Waals surface area (Å²) in [5.74, 6) is -2.71. The van der Waals surface area contributed by atoms with Crippen LogP contribution in [0.15, 0.2) is 36.4 Å². The highest BCUT2D eigenvalue weighted by Crippen LogP contribution is 2.36. The van der Waals surface area contributed by atoms with Crippen molar-refractivity contribution >= 4 is 45.7 Å². The fraction of sp³-hybridized carbons (Fsp3) is 0.417. The number of hydrogen-bond acceptors (Lipinski definition) is 11. The summed E-state index contributed by atoms with van der Waals surface area (Å²) in [7, 11) is 0. The lowest BCUT2D eigenvalue weighted by Gasteiger charge is -2.44. The average Bonchev–Trinajstić information content (AvgIpc) is 3.20. The topological polar surface area (TPSA) is 145 Å². The maximum Gasteiger partial charge on any atom is 0.303 e. The predicted octanol–water partition coefficient (Wildman–Crippen LogP) is 1.84. The number of aromatic nitrogens is 3. The molecule has 4 rings (SSSR count). The van der Waals surface area contributed by atoms with Gasteiger partial charge < -0.3 is 23.7 Å². The number of nitrogens with zero attached hydrogens (tertiary/aromatic N) is 3. The predicted molar refractivity (Wildman–Crippen MR) is 122 cm³/mol. The summed E-state index contributed by atoms with van der Waals surface area (Å²) in [5, 5.41) is 10.3. The van der Waals surface area contributed by atoms with E-state index in [1.165, 1.54) is 18.5 Å². The largest absolute Gasteiger partial charge is 0.463 e. The molecule has 0 spiro atoms. The Balaban J connectivity index is 1.84. The van der Waals surface area contributed by atoms with Crippen LogP contribution in [0.25, 0.3) is 21.8 Å². The molecule has 12 nitrogen and oxygen atoms in total. The average molecular weight is 499 g/mol. The van der Waals surface area contributed by atoms with Crippen molar-refractivity contribution in [2.24, 2.45) is 0 Å². The first-order chi connectivity index (χ1) is 17.1. The molecular formula is C24H25N3O9. The van der Waals surface area contributed by atoms with E-state index in [0.717, 1.165) is 24.6 Å². The van der Waals surface area contributed by atoms with Gasteiger partial charge in [0, 0.05) is 27.7 Å². The zero-order valence-electron chi connectivity index (χ0n) is 20.1. The smallest absolute Gasteiger partial charge is 0.303 e. The van der Waals surface area contributed by atoms with Gasteiger partial charge in [0.15, 0.2) is 24.5 Å². The fourth-order valence-corrected chi connectivity index (χ4v) is 4.21. The number of carbonyl (C=O) groups is 4. The maximum atomic E-state index is 12.1. The third-order valence-electron chi connectivity index (χ3n) is 5.55. The molecule has 36 heavy (non-hydrogen) atoms. The molecule has 2 heterocycles. The van der Waals surface area contributed by atoms with Gasteiger partial charge in [0.2, 0.25) is 0 Å². The van der Waals surface area contributed by atoms with Crippen LogP contribution in [-0.4, -0.2) is 69.9 Å². The van der Waals surface area contributed by atoms with E-state index in [0.29, 0.717) is 11.0 Å². The molecule has 1 saturated heterocycles. The molecule has 1 fully saturated rings. The van der Waals surface area contributed by atoms with Crippen molar-refractivity contribution in [1.29, 1.82) is 0 Å². The molecule has 190 valence electrons. The van der Waals surface area contributed by atoms with E-state index in [-0.39, 0.29) is 6.61 Å². The lowest BCUT2D eigenvalue weighted by molar-refractivity contribution is -0.269. The van der Waals surface area contributed by atoms with Gasteiger partial charge in [-0.3, -0.25) is 19.2 Å². The molecule has 3 aromatic rings. The fourth-order valence-electron chi connectivity index (χ4n) is 4.21. The van der Waals surface area contributed by atoms with Crippen molar-refractivity contribution in [2.45, 2.75) is 58.3 Å². The number of esters is 4. The van der Waals surface area contributed by atoms with Crippen molar-refractivity contribution in [3.8, 4) is 0 Å². The van der Waals surface area contributed by atoms with E-state index in [1.807, 2.05) is 36.4 Å². The molecule has 0 N–H and O–H groups in total. The minimum Gasteiger partial charge on any atom is -0.463 e. The van der Waals surface area contributed by atoms with Crippen molar-refractivity contribution in [2.75, 3.05) is 6.61 Å². The summed E-state index contributed by atoms with van der Waals surface area (Å²) in [6.07, 6.45) is -6.08. The lowest BCUT2D eigenvalue weighted by atomic mass is 9.97. The van der Waals surface area contributed by atoms with Crippen LogP contribution in [-0.2, 0) is 42.9 Å².